The third-order valence-electron chi connectivity index (χ3n) is 2.21. The predicted molar refractivity (Wildman–Crippen MR) is 59.1 cm³/mol. The zero-order valence-corrected chi connectivity index (χ0v) is 9.22. The highest BCUT2D eigenvalue weighted by molar-refractivity contribution is 5.25. The molecule has 0 N–H and O–H groups in total. The minimum absolute atomic E-state index is 0.276. The van der Waals surface area contributed by atoms with Gasteiger partial charge >= 0.3 is 6.01 Å². The molecule has 0 saturated carbocycles. The maximum atomic E-state index is 12.7. The van der Waals surface area contributed by atoms with E-state index in [1.807, 2.05) is 24.6 Å². The van der Waals surface area contributed by atoms with Gasteiger partial charge in [0.25, 0.3) is 0 Å². The molecule has 0 fully saturated rings. The van der Waals surface area contributed by atoms with Gasteiger partial charge in [0.1, 0.15) is 11.6 Å². The Morgan fingerprint density at radius 2 is 1.94 bits per heavy atom. The van der Waals surface area contributed by atoms with Crippen molar-refractivity contribution in [1.29, 1.82) is 0 Å². The van der Waals surface area contributed by atoms with Crippen molar-refractivity contribution in [3.05, 3.63) is 42.5 Å². The molecule has 1 aromatic heterocycles. The second-order valence-corrected chi connectivity index (χ2v) is 3.77. The zero-order valence-electron chi connectivity index (χ0n) is 9.22. The van der Waals surface area contributed by atoms with Crippen LogP contribution in [-0.2, 0) is 0 Å². The third-order valence-corrected chi connectivity index (χ3v) is 2.21. The standard InChI is InChI=1S/C12H13FN2O/c1-9(2)15-8-7-14-12(15)16-11-5-3-10(13)4-6-11/h3-9H,1-2H3. The second kappa shape index (κ2) is 4.35. The van der Waals surface area contributed by atoms with Gasteiger partial charge in [-0.1, -0.05) is 0 Å². The minimum atomic E-state index is -0.278. The molecule has 0 atom stereocenters. The molecule has 0 amide bonds. The summed E-state index contributed by atoms with van der Waals surface area (Å²) in [4.78, 5) is 4.10. The fraction of sp³-hybridized carbons (Fsp3) is 0.250. The van der Waals surface area contributed by atoms with Crippen molar-refractivity contribution < 1.29 is 9.13 Å². The van der Waals surface area contributed by atoms with E-state index in [0.717, 1.165) is 0 Å². The molecule has 16 heavy (non-hydrogen) atoms. The van der Waals surface area contributed by atoms with Crippen LogP contribution < -0.4 is 4.74 Å². The quantitative estimate of drug-likeness (QED) is 0.792. The molecular formula is C12H13FN2O. The van der Waals surface area contributed by atoms with Crippen molar-refractivity contribution >= 4 is 0 Å². The molecule has 84 valence electrons. The molecule has 0 aliphatic carbocycles. The van der Waals surface area contributed by atoms with Crippen LogP contribution in [0.25, 0.3) is 0 Å². The summed E-state index contributed by atoms with van der Waals surface area (Å²) in [6, 6.07) is 6.67. The van der Waals surface area contributed by atoms with Crippen LogP contribution in [0.1, 0.15) is 19.9 Å². The minimum Gasteiger partial charge on any atom is -0.426 e. The predicted octanol–water partition coefficient (Wildman–Crippen LogP) is 3.40. The normalized spacial score (nSPS) is 10.8. The Morgan fingerprint density at radius 1 is 1.25 bits per heavy atom. The first-order valence-corrected chi connectivity index (χ1v) is 5.13. The summed E-state index contributed by atoms with van der Waals surface area (Å²) in [5, 5.41) is 0. The van der Waals surface area contributed by atoms with E-state index in [1.165, 1.54) is 12.1 Å². The highest BCUT2D eigenvalue weighted by Crippen LogP contribution is 2.22. The van der Waals surface area contributed by atoms with Gasteiger partial charge in [-0.2, -0.15) is 0 Å². The lowest BCUT2D eigenvalue weighted by Gasteiger charge is -2.11. The first-order chi connectivity index (χ1) is 7.66. The molecule has 3 nitrogen and oxygen atoms in total. The van der Waals surface area contributed by atoms with Crippen molar-refractivity contribution in [3.63, 3.8) is 0 Å². The van der Waals surface area contributed by atoms with E-state index in [9.17, 15) is 4.39 Å². The van der Waals surface area contributed by atoms with Crippen molar-refractivity contribution in [1.82, 2.24) is 9.55 Å². The summed E-state index contributed by atoms with van der Waals surface area (Å²) >= 11 is 0. The molecule has 1 heterocycles. The third kappa shape index (κ3) is 2.21. The van der Waals surface area contributed by atoms with Crippen molar-refractivity contribution in [3.8, 4) is 11.8 Å². The maximum absolute atomic E-state index is 12.7. The molecule has 0 bridgehead atoms. The van der Waals surface area contributed by atoms with Crippen LogP contribution >= 0.6 is 0 Å². The molecule has 0 unspecified atom stereocenters. The van der Waals surface area contributed by atoms with Gasteiger partial charge in [0.2, 0.25) is 0 Å². The summed E-state index contributed by atoms with van der Waals surface area (Å²) in [6.07, 6.45) is 3.53. The average Bonchev–Trinajstić information content (AvgIpc) is 2.69. The van der Waals surface area contributed by atoms with Crippen LogP contribution in [-0.4, -0.2) is 9.55 Å². The lowest BCUT2D eigenvalue weighted by Crippen LogP contribution is -2.01. The smallest absolute Gasteiger partial charge is 0.302 e. The topological polar surface area (TPSA) is 27.1 Å². The number of hydrogen-bond acceptors (Lipinski definition) is 2. The van der Waals surface area contributed by atoms with Crippen LogP contribution in [0.5, 0.6) is 11.8 Å². The summed E-state index contributed by atoms with van der Waals surface area (Å²) in [7, 11) is 0. The van der Waals surface area contributed by atoms with Gasteiger partial charge in [0, 0.05) is 18.4 Å². The molecule has 4 heteroatoms. The van der Waals surface area contributed by atoms with E-state index in [1.54, 1.807) is 18.3 Å². The largest absolute Gasteiger partial charge is 0.426 e. The lowest BCUT2D eigenvalue weighted by molar-refractivity contribution is 0.395. The average molecular weight is 220 g/mol. The SMILES string of the molecule is CC(C)n1ccnc1Oc1ccc(F)cc1. The Balaban J connectivity index is 2.20. The van der Waals surface area contributed by atoms with Gasteiger partial charge in [-0.3, -0.25) is 4.57 Å². The molecule has 2 aromatic rings. The Labute approximate surface area is 93.5 Å². The summed E-state index contributed by atoms with van der Waals surface area (Å²) in [5.74, 6) is 0.300. The van der Waals surface area contributed by atoms with Gasteiger partial charge in [0.15, 0.2) is 0 Å². The highest BCUT2D eigenvalue weighted by atomic mass is 19.1. The van der Waals surface area contributed by atoms with E-state index in [2.05, 4.69) is 4.98 Å². The lowest BCUT2D eigenvalue weighted by atomic mass is 10.3. The van der Waals surface area contributed by atoms with Gasteiger partial charge in [-0.05, 0) is 38.1 Å². The number of hydrogen-bond donors (Lipinski definition) is 0. The van der Waals surface area contributed by atoms with E-state index in [-0.39, 0.29) is 11.9 Å². The maximum Gasteiger partial charge on any atom is 0.302 e. The van der Waals surface area contributed by atoms with Crippen LogP contribution in [0.3, 0.4) is 0 Å². The summed E-state index contributed by atoms with van der Waals surface area (Å²) < 4.78 is 20.2. The summed E-state index contributed by atoms with van der Waals surface area (Å²) in [5.41, 5.74) is 0. The molecule has 2 rings (SSSR count). The number of aromatic nitrogens is 2. The highest BCUT2D eigenvalue weighted by Gasteiger charge is 2.07. The van der Waals surface area contributed by atoms with Gasteiger partial charge in [-0.15, -0.1) is 0 Å². The second-order valence-electron chi connectivity index (χ2n) is 3.77. The molecule has 0 radical (unpaired) electrons. The fourth-order valence-electron chi connectivity index (χ4n) is 1.38. The van der Waals surface area contributed by atoms with Crippen LogP contribution in [0.15, 0.2) is 36.7 Å². The number of benzene rings is 1. The first kappa shape index (κ1) is 10.7. The van der Waals surface area contributed by atoms with E-state index < -0.39 is 0 Å². The first-order valence-electron chi connectivity index (χ1n) is 5.13. The van der Waals surface area contributed by atoms with E-state index >= 15 is 0 Å². The molecule has 0 spiro atoms. The van der Waals surface area contributed by atoms with Crippen LogP contribution in [0.2, 0.25) is 0 Å². The van der Waals surface area contributed by atoms with Gasteiger partial charge in [-0.25, -0.2) is 9.37 Å². The van der Waals surface area contributed by atoms with Crippen molar-refractivity contribution in [2.75, 3.05) is 0 Å². The fourth-order valence-corrected chi connectivity index (χ4v) is 1.38. The monoisotopic (exact) mass is 220 g/mol. The number of halogens is 1. The summed E-state index contributed by atoms with van der Waals surface area (Å²) in [6.45, 7) is 4.08. The van der Waals surface area contributed by atoms with E-state index in [4.69, 9.17) is 4.74 Å². The molecular weight excluding hydrogens is 207 g/mol. The van der Waals surface area contributed by atoms with Gasteiger partial charge in [0.05, 0.1) is 0 Å². The number of ether oxygens (including phenoxy) is 1. The van der Waals surface area contributed by atoms with Crippen LogP contribution in [0, 0.1) is 5.82 Å². The Hall–Kier alpha value is -1.84. The number of rotatable bonds is 3. The molecule has 0 saturated heterocycles. The molecule has 1 aromatic carbocycles. The van der Waals surface area contributed by atoms with Crippen molar-refractivity contribution in [2.24, 2.45) is 0 Å². The van der Waals surface area contributed by atoms with Crippen molar-refractivity contribution in [2.45, 2.75) is 19.9 Å². The Bertz CT molecular complexity index is 462. The Morgan fingerprint density at radius 3 is 2.56 bits per heavy atom. The number of nitrogens with zero attached hydrogens (tertiary/aromatic N) is 2. The Kier molecular flexibility index (Phi) is 2.90. The zero-order chi connectivity index (χ0) is 11.5. The molecule has 0 aliphatic heterocycles. The molecule has 0 aliphatic rings. The van der Waals surface area contributed by atoms with Crippen LogP contribution in [0.4, 0.5) is 4.39 Å². The van der Waals surface area contributed by atoms with Gasteiger partial charge < -0.3 is 4.74 Å². The van der Waals surface area contributed by atoms with E-state index in [0.29, 0.717) is 11.8 Å². The number of imidazole rings is 1.